The fourth-order valence-electron chi connectivity index (χ4n) is 5.12. The molecule has 0 aliphatic carbocycles. The van der Waals surface area contributed by atoms with Crippen molar-refractivity contribution in [3.05, 3.63) is 76.7 Å². The second-order valence-electron chi connectivity index (χ2n) is 9.67. The Morgan fingerprint density at radius 2 is 1.65 bits per heavy atom. The second kappa shape index (κ2) is 10.9. The number of pyridine rings is 1. The fraction of sp³-hybridized carbons (Fsp3) is 0.393. The maximum Gasteiger partial charge on any atom is 0.272 e. The monoisotopic (exact) mass is 496 g/mol. The van der Waals surface area contributed by atoms with Gasteiger partial charge in [0.25, 0.3) is 5.91 Å². The molecule has 1 aromatic carbocycles. The SMILES string of the molecule is Cc1cc(C)c(C(=O)N2CCN(c3cccnn3)CC2)nc1CN1CCN(c2ccccc2C#N)CC1. The van der Waals surface area contributed by atoms with Gasteiger partial charge in [-0.05, 0) is 49.2 Å². The number of aryl methyl sites for hydroxylation is 2. The Hall–Kier alpha value is -4.03. The number of benzene rings is 1. The molecule has 0 saturated carbocycles. The molecule has 0 N–H and O–H groups in total. The summed E-state index contributed by atoms with van der Waals surface area (Å²) in [6, 6.07) is 16.0. The van der Waals surface area contributed by atoms with Crippen molar-refractivity contribution in [3.8, 4) is 6.07 Å². The maximum atomic E-state index is 13.5. The summed E-state index contributed by atoms with van der Waals surface area (Å²) >= 11 is 0. The van der Waals surface area contributed by atoms with E-state index in [2.05, 4.69) is 44.0 Å². The quantitative estimate of drug-likeness (QED) is 0.532. The van der Waals surface area contributed by atoms with Gasteiger partial charge in [-0.2, -0.15) is 10.4 Å². The number of carbonyl (C=O) groups excluding carboxylic acids is 1. The smallest absolute Gasteiger partial charge is 0.272 e. The summed E-state index contributed by atoms with van der Waals surface area (Å²) in [5.41, 5.74) is 5.25. The van der Waals surface area contributed by atoms with Gasteiger partial charge in [0.1, 0.15) is 11.8 Å². The van der Waals surface area contributed by atoms with E-state index in [-0.39, 0.29) is 5.91 Å². The minimum Gasteiger partial charge on any atom is -0.368 e. The third-order valence-electron chi connectivity index (χ3n) is 7.27. The highest BCUT2D eigenvalue weighted by molar-refractivity contribution is 5.94. The van der Waals surface area contributed by atoms with Crippen molar-refractivity contribution in [2.45, 2.75) is 20.4 Å². The van der Waals surface area contributed by atoms with Crippen LogP contribution < -0.4 is 9.80 Å². The Balaban J connectivity index is 1.22. The van der Waals surface area contributed by atoms with E-state index in [1.807, 2.05) is 48.2 Å². The summed E-state index contributed by atoms with van der Waals surface area (Å²) in [7, 11) is 0. The molecule has 2 aromatic heterocycles. The predicted octanol–water partition coefficient (Wildman–Crippen LogP) is 2.64. The van der Waals surface area contributed by atoms with Crippen molar-refractivity contribution in [1.29, 1.82) is 5.26 Å². The van der Waals surface area contributed by atoms with Gasteiger partial charge in [0.2, 0.25) is 0 Å². The predicted molar refractivity (Wildman–Crippen MR) is 143 cm³/mol. The lowest BCUT2D eigenvalue weighted by atomic mass is 10.1. The lowest BCUT2D eigenvalue weighted by Crippen LogP contribution is -2.49. The van der Waals surface area contributed by atoms with Gasteiger partial charge in [-0.25, -0.2) is 4.98 Å². The van der Waals surface area contributed by atoms with E-state index in [4.69, 9.17) is 4.98 Å². The maximum absolute atomic E-state index is 13.5. The van der Waals surface area contributed by atoms with Crippen LogP contribution in [0.25, 0.3) is 0 Å². The molecular weight excluding hydrogens is 464 g/mol. The molecule has 2 saturated heterocycles. The van der Waals surface area contributed by atoms with Crippen LogP contribution in [0.2, 0.25) is 0 Å². The van der Waals surface area contributed by atoms with E-state index >= 15 is 0 Å². The summed E-state index contributed by atoms with van der Waals surface area (Å²) in [5, 5.41) is 17.6. The number of nitrogens with zero attached hydrogens (tertiary/aromatic N) is 8. The molecule has 0 bridgehead atoms. The van der Waals surface area contributed by atoms with Crippen LogP contribution in [0.15, 0.2) is 48.7 Å². The van der Waals surface area contributed by atoms with Crippen molar-refractivity contribution in [2.24, 2.45) is 0 Å². The molecule has 2 fully saturated rings. The lowest BCUT2D eigenvalue weighted by molar-refractivity contribution is 0.0739. The van der Waals surface area contributed by atoms with Crippen molar-refractivity contribution in [3.63, 3.8) is 0 Å². The number of hydrogen-bond acceptors (Lipinski definition) is 8. The van der Waals surface area contributed by atoms with Gasteiger partial charge in [0, 0.05) is 65.1 Å². The number of para-hydroxylation sites is 1. The van der Waals surface area contributed by atoms with Gasteiger partial charge >= 0.3 is 0 Å². The second-order valence-corrected chi connectivity index (χ2v) is 9.67. The highest BCUT2D eigenvalue weighted by Gasteiger charge is 2.26. The van der Waals surface area contributed by atoms with Crippen LogP contribution in [0, 0.1) is 25.2 Å². The first-order valence-electron chi connectivity index (χ1n) is 12.8. The highest BCUT2D eigenvalue weighted by atomic mass is 16.2. The average Bonchev–Trinajstić information content (AvgIpc) is 2.95. The van der Waals surface area contributed by atoms with Gasteiger partial charge in [-0.3, -0.25) is 9.69 Å². The van der Waals surface area contributed by atoms with Crippen LogP contribution in [-0.2, 0) is 6.54 Å². The Morgan fingerprint density at radius 1 is 0.919 bits per heavy atom. The van der Waals surface area contributed by atoms with E-state index in [1.165, 1.54) is 0 Å². The highest BCUT2D eigenvalue weighted by Crippen LogP contribution is 2.23. The molecule has 1 amide bonds. The number of rotatable bonds is 5. The third kappa shape index (κ3) is 5.39. The van der Waals surface area contributed by atoms with E-state index in [9.17, 15) is 10.1 Å². The number of amides is 1. The van der Waals surface area contributed by atoms with Crippen LogP contribution in [0.3, 0.4) is 0 Å². The zero-order valence-electron chi connectivity index (χ0n) is 21.5. The first kappa shape index (κ1) is 24.7. The summed E-state index contributed by atoms with van der Waals surface area (Å²) in [6.45, 7) is 10.9. The molecule has 9 nitrogen and oxygen atoms in total. The van der Waals surface area contributed by atoms with Crippen LogP contribution >= 0.6 is 0 Å². The third-order valence-corrected chi connectivity index (χ3v) is 7.27. The summed E-state index contributed by atoms with van der Waals surface area (Å²) < 4.78 is 0. The van der Waals surface area contributed by atoms with E-state index in [0.29, 0.717) is 30.9 Å². The molecule has 0 radical (unpaired) electrons. The minimum atomic E-state index is -0.00419. The van der Waals surface area contributed by atoms with Gasteiger partial charge in [-0.1, -0.05) is 18.2 Å². The number of hydrogen-bond donors (Lipinski definition) is 0. The minimum absolute atomic E-state index is 0.00419. The molecule has 2 aliphatic heterocycles. The van der Waals surface area contributed by atoms with Gasteiger partial charge < -0.3 is 14.7 Å². The average molecular weight is 497 g/mol. The number of piperazine rings is 2. The largest absolute Gasteiger partial charge is 0.368 e. The standard InChI is InChI=1S/C28H32N8O/c1-21-18-22(2)27(28(37)36-16-14-35(15-17-36)26-8-5-9-30-32-26)31-24(21)20-33-10-12-34(13-11-33)25-7-4-3-6-23(25)19-29/h3-9,18H,10-17,20H2,1-2H3. The van der Waals surface area contributed by atoms with Crippen molar-refractivity contribution < 1.29 is 4.79 Å². The summed E-state index contributed by atoms with van der Waals surface area (Å²) in [5.74, 6) is 0.841. The molecule has 0 unspecified atom stereocenters. The topological polar surface area (TPSA) is 92.5 Å². The Labute approximate surface area is 217 Å². The summed E-state index contributed by atoms with van der Waals surface area (Å²) in [6.07, 6.45) is 1.67. The molecule has 0 spiro atoms. The number of aromatic nitrogens is 3. The summed E-state index contributed by atoms with van der Waals surface area (Å²) in [4.78, 5) is 27.1. The number of anilines is 2. The molecular formula is C28H32N8O. The molecule has 2 aliphatic rings. The molecule has 4 heterocycles. The van der Waals surface area contributed by atoms with E-state index in [1.54, 1.807) is 6.20 Å². The molecule has 0 atom stereocenters. The van der Waals surface area contributed by atoms with Gasteiger partial charge in [0.05, 0.1) is 16.9 Å². The molecule has 3 aromatic rings. The van der Waals surface area contributed by atoms with Crippen LogP contribution in [0.5, 0.6) is 0 Å². The first-order valence-corrected chi connectivity index (χ1v) is 12.8. The van der Waals surface area contributed by atoms with Gasteiger partial charge in [0.15, 0.2) is 5.82 Å². The van der Waals surface area contributed by atoms with E-state index in [0.717, 1.165) is 67.6 Å². The molecule has 5 rings (SSSR count). The molecule has 9 heteroatoms. The zero-order chi connectivity index (χ0) is 25.8. The van der Waals surface area contributed by atoms with Crippen molar-refractivity contribution in [1.82, 2.24) is 25.0 Å². The van der Waals surface area contributed by atoms with Crippen molar-refractivity contribution in [2.75, 3.05) is 62.2 Å². The lowest BCUT2D eigenvalue weighted by Gasteiger charge is -2.36. The van der Waals surface area contributed by atoms with Crippen LogP contribution in [-0.4, -0.2) is 83.2 Å². The number of nitriles is 1. The molecule has 190 valence electrons. The fourth-order valence-corrected chi connectivity index (χ4v) is 5.12. The Kier molecular flexibility index (Phi) is 7.28. The number of carbonyl (C=O) groups is 1. The Bertz CT molecular complexity index is 1290. The Morgan fingerprint density at radius 3 is 2.35 bits per heavy atom. The zero-order valence-corrected chi connectivity index (χ0v) is 21.5. The molecule has 37 heavy (non-hydrogen) atoms. The first-order chi connectivity index (χ1) is 18.0. The van der Waals surface area contributed by atoms with Crippen LogP contribution in [0.1, 0.15) is 32.9 Å². The normalized spacial score (nSPS) is 16.5. The van der Waals surface area contributed by atoms with E-state index < -0.39 is 0 Å². The van der Waals surface area contributed by atoms with Crippen LogP contribution in [0.4, 0.5) is 11.5 Å². The van der Waals surface area contributed by atoms with Crippen molar-refractivity contribution >= 4 is 17.4 Å². The van der Waals surface area contributed by atoms with Gasteiger partial charge in [-0.15, -0.1) is 5.10 Å².